The molecule has 0 aliphatic rings. The molecule has 0 atom stereocenters. The number of ketones is 2. The molecule has 0 fully saturated rings. The number of hydrogen-bond acceptors (Lipinski definition) is 3. The Morgan fingerprint density at radius 3 is 2.26 bits per heavy atom. The van der Waals surface area contributed by atoms with Crippen LogP contribution in [-0.2, 0) is 6.42 Å². The molecule has 0 aliphatic carbocycles. The molecule has 0 saturated heterocycles. The van der Waals surface area contributed by atoms with Gasteiger partial charge in [-0.2, -0.15) is 0 Å². The number of thiophene rings is 1. The van der Waals surface area contributed by atoms with Crippen LogP contribution in [0, 0.1) is 13.8 Å². The zero-order valence-corrected chi connectivity index (χ0v) is 12.1. The van der Waals surface area contributed by atoms with E-state index in [0.717, 1.165) is 20.9 Å². The van der Waals surface area contributed by atoms with Gasteiger partial charge in [0, 0.05) is 27.3 Å². The van der Waals surface area contributed by atoms with Gasteiger partial charge in [-0.1, -0.05) is 30.3 Å². The van der Waals surface area contributed by atoms with Crippen LogP contribution in [0.25, 0.3) is 0 Å². The second-order valence-corrected chi connectivity index (χ2v) is 6.02. The highest BCUT2D eigenvalue weighted by atomic mass is 32.1. The maximum atomic E-state index is 12.2. The van der Waals surface area contributed by atoms with Gasteiger partial charge in [-0.15, -0.1) is 11.3 Å². The Kier molecular flexibility index (Phi) is 3.96. The molecule has 1 heterocycles. The Hall–Kier alpha value is -1.74. The Morgan fingerprint density at radius 2 is 1.68 bits per heavy atom. The molecule has 0 radical (unpaired) electrons. The molecule has 1 aromatic carbocycles. The van der Waals surface area contributed by atoms with Crippen LogP contribution < -0.4 is 0 Å². The summed E-state index contributed by atoms with van der Waals surface area (Å²) in [5.41, 5.74) is 2.32. The smallest absolute Gasteiger partial charge is 0.167 e. The first-order chi connectivity index (χ1) is 9.00. The third kappa shape index (κ3) is 2.82. The molecular formula is C16H16O2S. The molecule has 0 amide bonds. The molecule has 0 spiro atoms. The molecule has 2 aromatic rings. The van der Waals surface area contributed by atoms with Gasteiger partial charge in [-0.05, 0) is 26.3 Å². The second kappa shape index (κ2) is 5.49. The van der Waals surface area contributed by atoms with Crippen molar-refractivity contribution in [1.29, 1.82) is 0 Å². The lowest BCUT2D eigenvalue weighted by Crippen LogP contribution is -2.07. The average Bonchev–Trinajstić information content (AvgIpc) is 2.65. The lowest BCUT2D eigenvalue weighted by Gasteiger charge is -2.04. The van der Waals surface area contributed by atoms with Crippen molar-refractivity contribution in [2.24, 2.45) is 0 Å². The van der Waals surface area contributed by atoms with Gasteiger partial charge in [0.25, 0.3) is 0 Å². The molecular weight excluding hydrogens is 256 g/mol. The number of benzene rings is 1. The van der Waals surface area contributed by atoms with E-state index < -0.39 is 0 Å². The molecule has 0 saturated carbocycles. The fraction of sp³-hybridized carbons (Fsp3) is 0.250. The van der Waals surface area contributed by atoms with Crippen LogP contribution in [-0.4, -0.2) is 11.6 Å². The summed E-state index contributed by atoms with van der Waals surface area (Å²) in [6, 6.07) is 9.21. The third-order valence-electron chi connectivity index (χ3n) is 3.17. The van der Waals surface area contributed by atoms with Crippen molar-refractivity contribution >= 4 is 22.9 Å². The minimum atomic E-state index is 0.0395. The fourth-order valence-corrected chi connectivity index (χ4v) is 3.42. The number of carbonyl (C=O) groups is 2. The van der Waals surface area contributed by atoms with Gasteiger partial charge in [0.1, 0.15) is 0 Å². The van der Waals surface area contributed by atoms with Gasteiger partial charge < -0.3 is 0 Å². The monoisotopic (exact) mass is 272 g/mol. The summed E-state index contributed by atoms with van der Waals surface area (Å²) in [5.74, 6) is 0.0988. The van der Waals surface area contributed by atoms with Crippen molar-refractivity contribution < 1.29 is 9.59 Å². The maximum absolute atomic E-state index is 12.2. The Labute approximate surface area is 117 Å². The van der Waals surface area contributed by atoms with Crippen molar-refractivity contribution in [1.82, 2.24) is 0 Å². The lowest BCUT2D eigenvalue weighted by molar-refractivity contribution is 0.0992. The molecule has 2 rings (SSSR count). The lowest BCUT2D eigenvalue weighted by atomic mass is 9.98. The highest BCUT2D eigenvalue weighted by Gasteiger charge is 2.19. The van der Waals surface area contributed by atoms with Crippen LogP contribution in [0.3, 0.4) is 0 Å². The van der Waals surface area contributed by atoms with Crippen LogP contribution in [0.4, 0.5) is 0 Å². The zero-order chi connectivity index (χ0) is 14.0. The van der Waals surface area contributed by atoms with Crippen molar-refractivity contribution in [2.45, 2.75) is 27.2 Å². The first kappa shape index (κ1) is 13.7. The highest BCUT2D eigenvalue weighted by molar-refractivity contribution is 7.12. The van der Waals surface area contributed by atoms with Crippen LogP contribution in [0.15, 0.2) is 30.3 Å². The standard InChI is InChI=1S/C16H16O2S/c1-10(17)16-12(3)19-11(2)14(16)9-15(18)13-7-5-4-6-8-13/h4-8H,9H2,1-3H3. The highest BCUT2D eigenvalue weighted by Crippen LogP contribution is 2.29. The topological polar surface area (TPSA) is 34.1 Å². The fourth-order valence-electron chi connectivity index (χ4n) is 2.29. The molecule has 2 nitrogen and oxygen atoms in total. The Balaban J connectivity index is 2.34. The molecule has 98 valence electrons. The van der Waals surface area contributed by atoms with Crippen molar-refractivity contribution in [3.8, 4) is 0 Å². The number of Topliss-reactive ketones (excluding diaryl/α,β-unsaturated/α-hetero) is 2. The van der Waals surface area contributed by atoms with E-state index in [-0.39, 0.29) is 11.6 Å². The van der Waals surface area contributed by atoms with E-state index >= 15 is 0 Å². The first-order valence-corrected chi connectivity index (χ1v) is 7.00. The summed E-state index contributed by atoms with van der Waals surface area (Å²) in [5, 5.41) is 0. The number of rotatable bonds is 4. The summed E-state index contributed by atoms with van der Waals surface area (Å²) < 4.78 is 0. The largest absolute Gasteiger partial charge is 0.294 e. The molecule has 3 heteroatoms. The van der Waals surface area contributed by atoms with Crippen LogP contribution in [0.2, 0.25) is 0 Å². The van der Waals surface area contributed by atoms with Gasteiger partial charge >= 0.3 is 0 Å². The van der Waals surface area contributed by atoms with E-state index in [1.165, 1.54) is 0 Å². The molecule has 0 unspecified atom stereocenters. The minimum Gasteiger partial charge on any atom is -0.294 e. The Bertz CT molecular complexity index is 624. The quantitative estimate of drug-likeness (QED) is 0.789. The predicted molar refractivity (Wildman–Crippen MR) is 78.3 cm³/mol. The van der Waals surface area contributed by atoms with E-state index in [2.05, 4.69) is 0 Å². The number of carbonyl (C=O) groups excluding carboxylic acids is 2. The molecule has 0 bridgehead atoms. The molecule has 0 aliphatic heterocycles. The van der Waals surface area contributed by atoms with E-state index in [0.29, 0.717) is 12.0 Å². The molecule has 19 heavy (non-hydrogen) atoms. The average molecular weight is 272 g/mol. The van der Waals surface area contributed by atoms with Gasteiger partial charge in [-0.25, -0.2) is 0 Å². The first-order valence-electron chi connectivity index (χ1n) is 6.18. The summed E-state index contributed by atoms with van der Waals surface area (Å²) in [6.45, 7) is 5.47. The van der Waals surface area contributed by atoms with Gasteiger partial charge in [0.15, 0.2) is 11.6 Å². The summed E-state index contributed by atoms with van der Waals surface area (Å²) in [7, 11) is 0. The molecule has 1 aromatic heterocycles. The van der Waals surface area contributed by atoms with E-state index in [9.17, 15) is 9.59 Å². The van der Waals surface area contributed by atoms with Gasteiger partial charge in [0.05, 0.1) is 0 Å². The van der Waals surface area contributed by atoms with Gasteiger partial charge in [-0.3, -0.25) is 9.59 Å². The van der Waals surface area contributed by atoms with E-state index in [4.69, 9.17) is 0 Å². The third-order valence-corrected chi connectivity index (χ3v) is 4.23. The Morgan fingerprint density at radius 1 is 1.05 bits per heavy atom. The van der Waals surface area contributed by atoms with Crippen LogP contribution >= 0.6 is 11.3 Å². The summed E-state index contributed by atoms with van der Waals surface area (Å²) in [6.07, 6.45) is 0.301. The van der Waals surface area contributed by atoms with Gasteiger partial charge in [0.2, 0.25) is 0 Å². The van der Waals surface area contributed by atoms with Crippen LogP contribution in [0.1, 0.15) is 43.0 Å². The van der Waals surface area contributed by atoms with Crippen molar-refractivity contribution in [3.63, 3.8) is 0 Å². The van der Waals surface area contributed by atoms with Crippen LogP contribution in [0.5, 0.6) is 0 Å². The maximum Gasteiger partial charge on any atom is 0.167 e. The minimum absolute atomic E-state index is 0.0395. The summed E-state index contributed by atoms with van der Waals surface area (Å²) in [4.78, 5) is 26.0. The number of aryl methyl sites for hydroxylation is 2. The summed E-state index contributed by atoms with van der Waals surface area (Å²) >= 11 is 1.59. The zero-order valence-electron chi connectivity index (χ0n) is 11.3. The molecule has 0 N–H and O–H groups in total. The van der Waals surface area contributed by atoms with Crippen molar-refractivity contribution in [2.75, 3.05) is 0 Å². The van der Waals surface area contributed by atoms with E-state index in [1.54, 1.807) is 18.3 Å². The second-order valence-electron chi connectivity index (χ2n) is 4.59. The van der Waals surface area contributed by atoms with E-state index in [1.807, 2.05) is 44.2 Å². The number of hydrogen-bond donors (Lipinski definition) is 0. The van der Waals surface area contributed by atoms with Crippen molar-refractivity contribution in [3.05, 3.63) is 56.8 Å². The predicted octanol–water partition coefficient (Wildman–Crippen LogP) is 3.99. The SMILES string of the molecule is CC(=O)c1c(C)sc(C)c1CC(=O)c1ccccc1. The normalized spacial score (nSPS) is 10.5.